The molecule has 1 N–H and O–H groups in total. The maximum atomic E-state index is 12.5. The first-order valence-electron chi connectivity index (χ1n) is 8.07. The van der Waals surface area contributed by atoms with Crippen molar-refractivity contribution in [3.63, 3.8) is 0 Å². The van der Waals surface area contributed by atoms with Gasteiger partial charge in [0.15, 0.2) is 0 Å². The molecule has 1 amide bonds. The molecule has 1 aromatic carbocycles. The van der Waals surface area contributed by atoms with Crippen LogP contribution in [0, 0.1) is 0 Å². The molecule has 1 unspecified atom stereocenters. The third-order valence-electron chi connectivity index (χ3n) is 4.28. The van der Waals surface area contributed by atoms with Gasteiger partial charge in [0.05, 0.1) is 17.2 Å². The van der Waals surface area contributed by atoms with E-state index in [1.54, 1.807) is 29.4 Å². The first-order valence-corrected chi connectivity index (χ1v) is 9.55. The number of amides is 1. The molecular formula is C18H20N2O4S. The van der Waals surface area contributed by atoms with Crippen LogP contribution in [0.2, 0.25) is 0 Å². The van der Waals surface area contributed by atoms with Gasteiger partial charge in [-0.25, -0.2) is 13.1 Å². The van der Waals surface area contributed by atoms with Crippen LogP contribution in [0.5, 0.6) is 0 Å². The van der Waals surface area contributed by atoms with Gasteiger partial charge in [0.1, 0.15) is 5.76 Å². The molecule has 0 bridgehead atoms. The van der Waals surface area contributed by atoms with Gasteiger partial charge in [0.2, 0.25) is 15.9 Å². The minimum atomic E-state index is -3.45. The molecule has 1 aromatic heterocycles. The molecule has 0 radical (unpaired) electrons. The normalized spacial score (nSPS) is 18.1. The van der Waals surface area contributed by atoms with E-state index in [-0.39, 0.29) is 16.8 Å². The smallest absolute Gasteiger partial charge is 0.247 e. The molecule has 3 rings (SSSR count). The van der Waals surface area contributed by atoms with Crippen LogP contribution in [0.1, 0.15) is 30.2 Å². The van der Waals surface area contributed by atoms with Crippen molar-refractivity contribution in [3.8, 4) is 0 Å². The van der Waals surface area contributed by atoms with Crippen molar-refractivity contribution in [1.29, 1.82) is 0 Å². The van der Waals surface area contributed by atoms with Crippen molar-refractivity contribution >= 4 is 22.0 Å². The van der Waals surface area contributed by atoms with Crippen LogP contribution < -0.4 is 4.72 Å². The Hall–Kier alpha value is -2.38. The minimum absolute atomic E-state index is 0.0182. The Bertz CT molecular complexity index is 855. The lowest BCUT2D eigenvalue weighted by atomic mass is 10.1. The molecule has 25 heavy (non-hydrogen) atoms. The second-order valence-electron chi connectivity index (χ2n) is 5.82. The van der Waals surface area contributed by atoms with E-state index in [1.165, 1.54) is 25.3 Å². The van der Waals surface area contributed by atoms with E-state index >= 15 is 0 Å². The fraction of sp³-hybridized carbons (Fsp3) is 0.278. The Morgan fingerprint density at radius 3 is 2.68 bits per heavy atom. The summed E-state index contributed by atoms with van der Waals surface area (Å²) in [6, 6.07) is 10.1. The number of sulfonamides is 1. The molecule has 1 fully saturated rings. The molecule has 7 heteroatoms. The van der Waals surface area contributed by atoms with E-state index in [2.05, 4.69) is 4.72 Å². The molecular weight excluding hydrogens is 340 g/mol. The SMILES string of the molecule is CNS(=O)(=O)c1ccc(/C=C/C(=O)N2CCCC2c2ccco2)cc1. The highest BCUT2D eigenvalue weighted by Crippen LogP contribution is 2.32. The highest BCUT2D eigenvalue weighted by molar-refractivity contribution is 7.89. The van der Waals surface area contributed by atoms with Crippen LogP contribution in [0.25, 0.3) is 6.08 Å². The summed E-state index contributed by atoms with van der Waals surface area (Å²) < 4.78 is 31.1. The zero-order valence-electron chi connectivity index (χ0n) is 13.9. The second-order valence-corrected chi connectivity index (χ2v) is 7.70. The molecule has 1 atom stereocenters. The van der Waals surface area contributed by atoms with Crippen LogP contribution in [0.15, 0.2) is 58.1 Å². The number of likely N-dealkylation sites (tertiary alicyclic amines) is 1. The fourth-order valence-corrected chi connectivity index (χ4v) is 3.68. The molecule has 0 aliphatic carbocycles. The number of furan rings is 1. The largest absolute Gasteiger partial charge is 0.467 e. The maximum absolute atomic E-state index is 12.5. The lowest BCUT2D eigenvalue weighted by Gasteiger charge is -2.21. The van der Waals surface area contributed by atoms with Gasteiger partial charge < -0.3 is 9.32 Å². The summed E-state index contributed by atoms with van der Waals surface area (Å²) in [4.78, 5) is 14.5. The lowest BCUT2D eigenvalue weighted by molar-refractivity contribution is -0.127. The van der Waals surface area contributed by atoms with Crippen molar-refractivity contribution in [3.05, 3.63) is 60.1 Å². The number of carbonyl (C=O) groups is 1. The molecule has 0 saturated carbocycles. The summed E-state index contributed by atoms with van der Waals surface area (Å²) in [5.74, 6) is 0.728. The molecule has 1 saturated heterocycles. The van der Waals surface area contributed by atoms with E-state index in [1.807, 2.05) is 12.1 Å². The van der Waals surface area contributed by atoms with Gasteiger partial charge in [-0.1, -0.05) is 12.1 Å². The van der Waals surface area contributed by atoms with Gasteiger partial charge in [0.25, 0.3) is 0 Å². The predicted octanol–water partition coefficient (Wildman–Crippen LogP) is 2.56. The van der Waals surface area contributed by atoms with Crippen LogP contribution in [0.4, 0.5) is 0 Å². The summed E-state index contributed by atoms with van der Waals surface area (Å²) in [6.45, 7) is 0.702. The molecule has 6 nitrogen and oxygen atoms in total. The van der Waals surface area contributed by atoms with E-state index in [0.717, 1.165) is 24.2 Å². The van der Waals surface area contributed by atoms with Crippen molar-refractivity contribution in [2.24, 2.45) is 0 Å². The summed E-state index contributed by atoms with van der Waals surface area (Å²) in [6.07, 6.45) is 6.66. The summed E-state index contributed by atoms with van der Waals surface area (Å²) in [7, 11) is -2.08. The van der Waals surface area contributed by atoms with Crippen molar-refractivity contribution < 1.29 is 17.6 Å². The van der Waals surface area contributed by atoms with E-state index in [4.69, 9.17) is 4.42 Å². The Morgan fingerprint density at radius 1 is 1.28 bits per heavy atom. The lowest BCUT2D eigenvalue weighted by Crippen LogP contribution is -2.28. The number of nitrogens with one attached hydrogen (secondary N) is 1. The standard InChI is InChI=1S/C18H20N2O4S/c1-19-25(22,23)15-9-6-14(7-10-15)8-11-18(21)20-12-2-4-16(20)17-5-3-13-24-17/h3,5-11,13,16,19H,2,4,12H2,1H3/b11-8+. The van der Waals surface area contributed by atoms with E-state index in [0.29, 0.717) is 6.54 Å². The van der Waals surface area contributed by atoms with Crippen molar-refractivity contribution in [2.75, 3.05) is 13.6 Å². The summed E-state index contributed by atoms with van der Waals surface area (Å²) in [5.41, 5.74) is 0.761. The van der Waals surface area contributed by atoms with Gasteiger partial charge in [-0.3, -0.25) is 4.79 Å². The van der Waals surface area contributed by atoms with Gasteiger partial charge in [-0.2, -0.15) is 0 Å². The average Bonchev–Trinajstić information content (AvgIpc) is 3.30. The van der Waals surface area contributed by atoms with Crippen LogP contribution in [0.3, 0.4) is 0 Å². The van der Waals surface area contributed by atoms with E-state index < -0.39 is 10.0 Å². The minimum Gasteiger partial charge on any atom is -0.467 e. The summed E-state index contributed by atoms with van der Waals surface area (Å²) >= 11 is 0. The quantitative estimate of drug-likeness (QED) is 0.831. The Kier molecular flexibility index (Phi) is 5.06. The monoisotopic (exact) mass is 360 g/mol. The van der Waals surface area contributed by atoms with Crippen LogP contribution in [-0.4, -0.2) is 32.8 Å². The van der Waals surface area contributed by atoms with Gasteiger partial charge >= 0.3 is 0 Å². The molecule has 2 heterocycles. The number of benzene rings is 1. The zero-order valence-corrected chi connectivity index (χ0v) is 14.7. The molecule has 1 aliphatic rings. The average molecular weight is 360 g/mol. The van der Waals surface area contributed by atoms with E-state index in [9.17, 15) is 13.2 Å². The Labute approximate surface area is 147 Å². The first-order chi connectivity index (χ1) is 12.0. The number of hydrogen-bond donors (Lipinski definition) is 1. The highest BCUT2D eigenvalue weighted by atomic mass is 32.2. The zero-order chi connectivity index (χ0) is 17.9. The topological polar surface area (TPSA) is 79.6 Å². The number of rotatable bonds is 5. The molecule has 1 aliphatic heterocycles. The molecule has 132 valence electrons. The second kappa shape index (κ2) is 7.25. The Balaban J connectivity index is 1.70. The number of hydrogen-bond acceptors (Lipinski definition) is 4. The molecule has 0 spiro atoms. The predicted molar refractivity (Wildman–Crippen MR) is 94.1 cm³/mol. The van der Waals surface area contributed by atoms with Gasteiger partial charge in [-0.15, -0.1) is 0 Å². The van der Waals surface area contributed by atoms with Crippen LogP contribution >= 0.6 is 0 Å². The third-order valence-corrected chi connectivity index (χ3v) is 5.72. The fourth-order valence-electron chi connectivity index (χ4n) is 2.95. The van der Waals surface area contributed by atoms with Crippen molar-refractivity contribution in [2.45, 2.75) is 23.8 Å². The van der Waals surface area contributed by atoms with Crippen molar-refractivity contribution in [1.82, 2.24) is 9.62 Å². The maximum Gasteiger partial charge on any atom is 0.247 e. The highest BCUT2D eigenvalue weighted by Gasteiger charge is 2.30. The Morgan fingerprint density at radius 2 is 2.04 bits per heavy atom. The number of nitrogens with zero attached hydrogens (tertiary/aromatic N) is 1. The molecule has 2 aromatic rings. The van der Waals surface area contributed by atoms with Gasteiger partial charge in [-0.05, 0) is 55.8 Å². The third kappa shape index (κ3) is 3.83. The van der Waals surface area contributed by atoms with Gasteiger partial charge in [0, 0.05) is 12.6 Å². The van der Waals surface area contributed by atoms with Crippen LogP contribution in [-0.2, 0) is 14.8 Å². The first kappa shape index (κ1) is 17.4. The number of carbonyl (C=O) groups excluding carboxylic acids is 1. The summed E-state index contributed by atoms with van der Waals surface area (Å²) in [5, 5.41) is 0.